The Morgan fingerprint density at radius 2 is 1.89 bits per heavy atom. The molecule has 0 heterocycles. The summed E-state index contributed by atoms with van der Waals surface area (Å²) < 4.78 is 5.73. The number of hydrogen-bond donors (Lipinski definition) is 0. The van der Waals surface area contributed by atoms with Gasteiger partial charge in [0.15, 0.2) is 6.07 Å². The van der Waals surface area contributed by atoms with Gasteiger partial charge in [-0.2, -0.15) is 0 Å². The summed E-state index contributed by atoms with van der Waals surface area (Å²) in [5, 5.41) is 0. The second kappa shape index (κ2) is 5.97. The van der Waals surface area contributed by atoms with Crippen molar-refractivity contribution in [1.82, 2.24) is 0 Å². The van der Waals surface area contributed by atoms with Gasteiger partial charge in [-0.05, 0) is 41.7 Å². The predicted octanol–water partition coefficient (Wildman–Crippen LogP) is 5.29. The Balaban J connectivity index is 2.35. The Morgan fingerprint density at radius 1 is 1.22 bits per heavy atom. The first-order chi connectivity index (χ1) is 8.65. The standard InChI is InChI=1S/C16H23ClO/c1-11(2)14-8-5-9-15(16(14)18-10-17)12(3)13-6-4-7-13/h5,8-9,11-13H,4,6-7,10H2,1-3H3. The molecule has 0 amide bonds. The first-order valence-corrected chi connectivity index (χ1v) is 7.50. The third-order valence-corrected chi connectivity index (χ3v) is 4.35. The molecule has 0 radical (unpaired) electrons. The van der Waals surface area contributed by atoms with Gasteiger partial charge in [-0.15, -0.1) is 0 Å². The molecule has 1 atom stereocenters. The lowest BCUT2D eigenvalue weighted by atomic mass is 9.73. The highest BCUT2D eigenvalue weighted by Crippen LogP contribution is 2.43. The molecular weight excluding hydrogens is 244 g/mol. The van der Waals surface area contributed by atoms with Gasteiger partial charge in [0.1, 0.15) is 5.75 Å². The van der Waals surface area contributed by atoms with Crippen LogP contribution in [0.1, 0.15) is 63.0 Å². The molecule has 0 N–H and O–H groups in total. The minimum absolute atomic E-state index is 0.230. The minimum Gasteiger partial charge on any atom is -0.477 e. The smallest absolute Gasteiger partial charge is 0.162 e. The lowest BCUT2D eigenvalue weighted by Gasteiger charge is -2.33. The summed E-state index contributed by atoms with van der Waals surface area (Å²) in [6, 6.07) is 6.75. The summed E-state index contributed by atoms with van der Waals surface area (Å²) in [5.74, 6) is 2.90. The number of benzene rings is 1. The third-order valence-electron chi connectivity index (χ3n) is 4.24. The molecule has 100 valence electrons. The van der Waals surface area contributed by atoms with Crippen molar-refractivity contribution in [2.45, 2.75) is 51.9 Å². The van der Waals surface area contributed by atoms with Gasteiger partial charge >= 0.3 is 0 Å². The first-order valence-electron chi connectivity index (χ1n) is 6.96. The average Bonchev–Trinajstić information content (AvgIpc) is 2.26. The number of halogens is 1. The highest BCUT2D eigenvalue weighted by molar-refractivity contribution is 6.17. The van der Waals surface area contributed by atoms with E-state index in [4.69, 9.17) is 16.3 Å². The fourth-order valence-electron chi connectivity index (χ4n) is 2.80. The number of hydrogen-bond acceptors (Lipinski definition) is 1. The SMILES string of the molecule is CC(C)c1cccc(C(C)C2CCC2)c1OCCl. The van der Waals surface area contributed by atoms with Crippen LogP contribution in [0.5, 0.6) is 5.75 Å². The normalized spacial score (nSPS) is 17.6. The van der Waals surface area contributed by atoms with Gasteiger partial charge < -0.3 is 4.74 Å². The maximum absolute atomic E-state index is 5.79. The van der Waals surface area contributed by atoms with Crippen molar-refractivity contribution in [2.24, 2.45) is 5.92 Å². The third kappa shape index (κ3) is 2.66. The highest BCUT2D eigenvalue weighted by atomic mass is 35.5. The zero-order valence-corrected chi connectivity index (χ0v) is 12.3. The van der Waals surface area contributed by atoms with Crippen molar-refractivity contribution in [3.05, 3.63) is 29.3 Å². The molecule has 2 rings (SSSR count). The lowest BCUT2D eigenvalue weighted by Crippen LogP contribution is -2.19. The van der Waals surface area contributed by atoms with Gasteiger partial charge in [0, 0.05) is 0 Å². The summed E-state index contributed by atoms with van der Waals surface area (Å²) in [7, 11) is 0. The monoisotopic (exact) mass is 266 g/mol. The van der Waals surface area contributed by atoms with E-state index in [1.54, 1.807) is 0 Å². The van der Waals surface area contributed by atoms with Crippen LogP contribution in [0.3, 0.4) is 0 Å². The van der Waals surface area contributed by atoms with Crippen LogP contribution >= 0.6 is 11.6 Å². The highest BCUT2D eigenvalue weighted by Gasteiger charge is 2.28. The Kier molecular flexibility index (Phi) is 4.55. The fourth-order valence-corrected chi connectivity index (χ4v) is 2.91. The predicted molar refractivity (Wildman–Crippen MR) is 77.6 cm³/mol. The number of ether oxygens (including phenoxy) is 1. The quantitative estimate of drug-likeness (QED) is 0.658. The van der Waals surface area contributed by atoms with E-state index in [-0.39, 0.29) is 6.07 Å². The Bertz CT molecular complexity index is 396. The molecule has 0 spiro atoms. The molecule has 0 aromatic heterocycles. The van der Waals surface area contributed by atoms with E-state index < -0.39 is 0 Å². The zero-order chi connectivity index (χ0) is 13.1. The molecule has 1 saturated carbocycles. The van der Waals surface area contributed by atoms with E-state index in [0.717, 1.165) is 11.7 Å². The van der Waals surface area contributed by atoms with Crippen LogP contribution in [0, 0.1) is 5.92 Å². The lowest BCUT2D eigenvalue weighted by molar-refractivity contribution is 0.265. The van der Waals surface area contributed by atoms with Crippen molar-refractivity contribution in [3.8, 4) is 5.75 Å². The van der Waals surface area contributed by atoms with E-state index >= 15 is 0 Å². The van der Waals surface area contributed by atoms with Crippen LogP contribution in [0.4, 0.5) is 0 Å². The average molecular weight is 267 g/mol. The van der Waals surface area contributed by atoms with Crippen LogP contribution in [-0.2, 0) is 0 Å². The summed E-state index contributed by atoms with van der Waals surface area (Å²) in [6.45, 7) is 6.73. The van der Waals surface area contributed by atoms with Crippen LogP contribution in [-0.4, -0.2) is 6.07 Å². The van der Waals surface area contributed by atoms with E-state index in [9.17, 15) is 0 Å². The van der Waals surface area contributed by atoms with Gasteiger partial charge in [-0.3, -0.25) is 0 Å². The van der Waals surface area contributed by atoms with E-state index in [1.165, 1.54) is 30.4 Å². The minimum atomic E-state index is 0.230. The maximum Gasteiger partial charge on any atom is 0.162 e. The van der Waals surface area contributed by atoms with Gasteiger partial charge in [-0.1, -0.05) is 57.0 Å². The second-order valence-electron chi connectivity index (χ2n) is 5.65. The van der Waals surface area contributed by atoms with Crippen LogP contribution < -0.4 is 4.74 Å². The summed E-state index contributed by atoms with van der Waals surface area (Å²) in [6.07, 6.45) is 4.09. The Morgan fingerprint density at radius 3 is 2.39 bits per heavy atom. The van der Waals surface area contributed by atoms with E-state index in [1.807, 2.05) is 0 Å². The van der Waals surface area contributed by atoms with Gasteiger partial charge in [0.2, 0.25) is 0 Å². The van der Waals surface area contributed by atoms with Crippen LogP contribution in [0.2, 0.25) is 0 Å². The van der Waals surface area contributed by atoms with Crippen molar-refractivity contribution in [1.29, 1.82) is 0 Å². The first kappa shape index (κ1) is 13.7. The largest absolute Gasteiger partial charge is 0.477 e. The molecule has 1 fully saturated rings. The molecule has 0 bridgehead atoms. The topological polar surface area (TPSA) is 9.23 Å². The zero-order valence-electron chi connectivity index (χ0n) is 11.6. The number of alkyl halides is 1. The Labute approximate surface area is 115 Å². The Hall–Kier alpha value is -0.690. The van der Waals surface area contributed by atoms with E-state index in [0.29, 0.717) is 11.8 Å². The number of para-hydroxylation sites is 1. The molecule has 1 aliphatic rings. The summed E-state index contributed by atoms with van der Waals surface area (Å²) >= 11 is 5.79. The van der Waals surface area contributed by atoms with Crippen molar-refractivity contribution < 1.29 is 4.74 Å². The van der Waals surface area contributed by atoms with E-state index in [2.05, 4.69) is 39.0 Å². The number of rotatable bonds is 5. The molecule has 1 unspecified atom stereocenters. The molecule has 18 heavy (non-hydrogen) atoms. The molecular formula is C16H23ClO. The van der Waals surface area contributed by atoms with Crippen LogP contribution in [0.15, 0.2) is 18.2 Å². The molecule has 0 saturated heterocycles. The molecule has 1 aromatic carbocycles. The summed E-state index contributed by atoms with van der Waals surface area (Å²) in [4.78, 5) is 0. The molecule has 2 heteroatoms. The van der Waals surface area contributed by atoms with Gasteiger partial charge in [-0.25, -0.2) is 0 Å². The maximum atomic E-state index is 5.79. The molecule has 1 aliphatic carbocycles. The van der Waals surface area contributed by atoms with Gasteiger partial charge in [0.25, 0.3) is 0 Å². The second-order valence-corrected chi connectivity index (χ2v) is 5.87. The summed E-state index contributed by atoms with van der Waals surface area (Å²) in [5.41, 5.74) is 2.62. The van der Waals surface area contributed by atoms with Crippen LogP contribution in [0.25, 0.3) is 0 Å². The molecule has 0 aliphatic heterocycles. The van der Waals surface area contributed by atoms with Crippen molar-refractivity contribution in [3.63, 3.8) is 0 Å². The van der Waals surface area contributed by atoms with Crippen molar-refractivity contribution in [2.75, 3.05) is 6.07 Å². The van der Waals surface area contributed by atoms with Crippen molar-refractivity contribution >= 4 is 11.6 Å². The molecule has 1 aromatic rings. The molecule has 1 nitrogen and oxygen atoms in total. The van der Waals surface area contributed by atoms with Gasteiger partial charge in [0.05, 0.1) is 0 Å². The fraction of sp³-hybridized carbons (Fsp3) is 0.625.